The van der Waals surface area contributed by atoms with Gasteiger partial charge in [0.25, 0.3) is 0 Å². The Morgan fingerprint density at radius 1 is 1.18 bits per heavy atom. The number of nitrogens with one attached hydrogen (secondary N) is 1. The Labute approximate surface area is 128 Å². The van der Waals surface area contributed by atoms with Gasteiger partial charge < -0.3 is 9.30 Å². The van der Waals surface area contributed by atoms with Crippen molar-refractivity contribution < 1.29 is 4.74 Å². The molecule has 2 heterocycles. The summed E-state index contributed by atoms with van der Waals surface area (Å²) in [6.45, 7) is 1.90. The van der Waals surface area contributed by atoms with E-state index >= 15 is 0 Å². The average Bonchev–Trinajstić information content (AvgIpc) is 2.99. The lowest BCUT2D eigenvalue weighted by Gasteiger charge is -2.08. The number of para-hydroxylation sites is 1. The van der Waals surface area contributed by atoms with E-state index < -0.39 is 0 Å². The molecule has 6 nitrogen and oxygen atoms in total. The summed E-state index contributed by atoms with van der Waals surface area (Å²) in [7, 11) is 0. The van der Waals surface area contributed by atoms with E-state index in [1.807, 2.05) is 41.0 Å². The number of hydrogen-bond donors (Lipinski definition) is 1. The van der Waals surface area contributed by atoms with Gasteiger partial charge in [-0.3, -0.25) is 5.32 Å². The van der Waals surface area contributed by atoms with Crippen LogP contribution in [0.3, 0.4) is 0 Å². The molecule has 1 aromatic carbocycles. The van der Waals surface area contributed by atoms with Crippen LogP contribution < -0.4 is 10.1 Å². The quantitative estimate of drug-likeness (QED) is 0.703. The molecule has 0 saturated carbocycles. The van der Waals surface area contributed by atoms with Crippen molar-refractivity contribution >= 4 is 11.0 Å². The van der Waals surface area contributed by atoms with Crippen molar-refractivity contribution in [3.63, 3.8) is 0 Å². The molecule has 0 aliphatic carbocycles. The fourth-order valence-corrected chi connectivity index (χ4v) is 2.16. The molecule has 1 N–H and O–H groups in total. The molecule has 0 saturated heterocycles. The summed E-state index contributed by atoms with van der Waals surface area (Å²) in [5.74, 6) is 0.863. The molecule has 22 heavy (non-hydrogen) atoms. The molecule has 0 atom stereocenters. The number of rotatable bonds is 6. The van der Waals surface area contributed by atoms with E-state index in [-0.39, 0.29) is 0 Å². The molecule has 110 valence electrons. The van der Waals surface area contributed by atoms with Crippen molar-refractivity contribution in [2.45, 2.75) is 6.67 Å². The molecule has 2 aromatic heterocycles. The molecular formula is C16H15N5O. The van der Waals surface area contributed by atoms with E-state index in [4.69, 9.17) is 10.00 Å². The van der Waals surface area contributed by atoms with Gasteiger partial charge in [-0.15, -0.1) is 0 Å². The average molecular weight is 293 g/mol. The molecular weight excluding hydrogens is 278 g/mol. The number of aromatic nitrogens is 3. The van der Waals surface area contributed by atoms with E-state index in [0.29, 0.717) is 31.0 Å². The highest BCUT2D eigenvalue weighted by molar-refractivity contribution is 5.79. The van der Waals surface area contributed by atoms with Crippen LogP contribution in [0.2, 0.25) is 0 Å². The van der Waals surface area contributed by atoms with Gasteiger partial charge in [-0.2, -0.15) is 5.26 Å². The number of imidazole rings is 1. The smallest absolute Gasteiger partial charge is 0.168 e. The van der Waals surface area contributed by atoms with Crippen LogP contribution in [0, 0.1) is 11.3 Å². The number of hydrogen-bond acceptors (Lipinski definition) is 5. The van der Waals surface area contributed by atoms with Gasteiger partial charge in [-0.05, 0) is 18.2 Å². The molecule has 0 spiro atoms. The molecule has 0 radical (unpaired) electrons. The van der Waals surface area contributed by atoms with E-state index in [1.54, 1.807) is 12.5 Å². The molecule has 0 unspecified atom stereocenters. The minimum atomic E-state index is 0.351. The van der Waals surface area contributed by atoms with Crippen LogP contribution >= 0.6 is 0 Å². The molecule has 0 amide bonds. The van der Waals surface area contributed by atoms with Gasteiger partial charge in [0.15, 0.2) is 5.69 Å². The second kappa shape index (κ2) is 6.70. The molecule has 0 fully saturated rings. The molecule has 0 aliphatic heterocycles. The van der Waals surface area contributed by atoms with Crippen LogP contribution in [-0.4, -0.2) is 27.7 Å². The lowest BCUT2D eigenvalue weighted by molar-refractivity contribution is 0.308. The Morgan fingerprint density at radius 2 is 2.05 bits per heavy atom. The van der Waals surface area contributed by atoms with Gasteiger partial charge in [-0.1, -0.05) is 18.2 Å². The van der Waals surface area contributed by atoms with E-state index in [1.165, 1.54) is 0 Å². The maximum Gasteiger partial charge on any atom is 0.168 e. The first-order valence-electron chi connectivity index (χ1n) is 6.97. The maximum absolute atomic E-state index is 9.01. The van der Waals surface area contributed by atoms with E-state index in [0.717, 1.165) is 11.3 Å². The van der Waals surface area contributed by atoms with Gasteiger partial charge in [-0.25, -0.2) is 9.97 Å². The number of ether oxygens (including phenoxy) is 1. The van der Waals surface area contributed by atoms with Crippen LogP contribution in [0.15, 0.2) is 48.9 Å². The normalized spacial score (nSPS) is 10.5. The van der Waals surface area contributed by atoms with Gasteiger partial charge >= 0.3 is 0 Å². The Morgan fingerprint density at radius 3 is 2.86 bits per heavy atom. The van der Waals surface area contributed by atoms with Crippen LogP contribution in [-0.2, 0) is 6.67 Å². The Balaban J connectivity index is 1.53. The SMILES string of the molecule is N#Cc1nccc2c1ncn2CNCCOc1ccccc1. The van der Waals surface area contributed by atoms with E-state index in [9.17, 15) is 0 Å². The number of benzene rings is 1. The predicted molar refractivity (Wildman–Crippen MR) is 82.2 cm³/mol. The van der Waals surface area contributed by atoms with Gasteiger partial charge in [0.1, 0.15) is 23.9 Å². The standard InChI is InChI=1S/C16H15N5O/c17-10-14-16-15(6-7-19-14)21(12-20-16)11-18-8-9-22-13-4-2-1-3-5-13/h1-7,12,18H,8-9,11H2. The lowest BCUT2D eigenvalue weighted by atomic mass is 10.3. The fraction of sp³-hybridized carbons (Fsp3) is 0.188. The third-order valence-electron chi connectivity index (χ3n) is 3.22. The number of nitriles is 1. The minimum Gasteiger partial charge on any atom is -0.492 e. The molecule has 6 heteroatoms. The van der Waals surface area contributed by atoms with Crippen LogP contribution in [0.4, 0.5) is 0 Å². The highest BCUT2D eigenvalue weighted by Crippen LogP contribution is 2.14. The monoisotopic (exact) mass is 293 g/mol. The van der Waals surface area contributed by atoms with Gasteiger partial charge in [0.2, 0.25) is 0 Å². The number of pyridine rings is 1. The largest absolute Gasteiger partial charge is 0.492 e. The first-order valence-corrected chi connectivity index (χ1v) is 6.97. The third-order valence-corrected chi connectivity index (χ3v) is 3.22. The maximum atomic E-state index is 9.01. The van der Waals surface area contributed by atoms with Crippen LogP contribution in [0.1, 0.15) is 5.69 Å². The number of fused-ring (bicyclic) bond motifs is 1. The van der Waals surface area contributed by atoms with E-state index in [2.05, 4.69) is 21.4 Å². The molecule has 3 aromatic rings. The molecule has 0 aliphatic rings. The van der Waals surface area contributed by atoms with Crippen molar-refractivity contribution in [3.8, 4) is 11.8 Å². The Hall–Kier alpha value is -2.91. The first kappa shape index (κ1) is 14.0. The minimum absolute atomic E-state index is 0.351. The number of nitrogens with zero attached hydrogens (tertiary/aromatic N) is 4. The van der Waals surface area contributed by atoms with Crippen molar-refractivity contribution in [1.82, 2.24) is 19.9 Å². The highest BCUT2D eigenvalue weighted by atomic mass is 16.5. The second-order valence-electron chi connectivity index (χ2n) is 4.67. The Bertz CT molecular complexity index is 791. The fourth-order valence-electron chi connectivity index (χ4n) is 2.16. The Kier molecular flexibility index (Phi) is 4.27. The van der Waals surface area contributed by atoms with Gasteiger partial charge in [0, 0.05) is 12.7 Å². The van der Waals surface area contributed by atoms with Crippen molar-refractivity contribution in [1.29, 1.82) is 5.26 Å². The third kappa shape index (κ3) is 3.05. The summed E-state index contributed by atoms with van der Waals surface area (Å²) in [5.41, 5.74) is 1.87. The zero-order valence-electron chi connectivity index (χ0n) is 11.9. The second-order valence-corrected chi connectivity index (χ2v) is 4.67. The first-order chi connectivity index (χ1) is 10.9. The van der Waals surface area contributed by atoms with Crippen molar-refractivity contribution in [3.05, 3.63) is 54.6 Å². The van der Waals surface area contributed by atoms with Crippen LogP contribution in [0.5, 0.6) is 5.75 Å². The summed E-state index contributed by atoms with van der Waals surface area (Å²) in [4.78, 5) is 8.25. The summed E-state index contributed by atoms with van der Waals surface area (Å²) in [6, 6.07) is 13.6. The lowest BCUT2D eigenvalue weighted by Crippen LogP contribution is -2.23. The molecule has 3 rings (SSSR count). The summed E-state index contributed by atoms with van der Waals surface area (Å²) < 4.78 is 7.55. The predicted octanol–water partition coefficient (Wildman–Crippen LogP) is 1.93. The summed E-state index contributed by atoms with van der Waals surface area (Å²) >= 11 is 0. The van der Waals surface area contributed by atoms with Crippen molar-refractivity contribution in [2.75, 3.05) is 13.2 Å². The molecule has 0 bridgehead atoms. The van der Waals surface area contributed by atoms with Gasteiger partial charge in [0.05, 0.1) is 18.5 Å². The topological polar surface area (TPSA) is 75.8 Å². The zero-order chi connectivity index (χ0) is 15.2. The summed E-state index contributed by atoms with van der Waals surface area (Å²) in [5, 5.41) is 12.3. The summed E-state index contributed by atoms with van der Waals surface area (Å²) in [6.07, 6.45) is 3.33. The van der Waals surface area contributed by atoms with Crippen LogP contribution in [0.25, 0.3) is 11.0 Å². The zero-order valence-corrected chi connectivity index (χ0v) is 11.9. The van der Waals surface area contributed by atoms with Crippen molar-refractivity contribution in [2.24, 2.45) is 0 Å². The highest BCUT2D eigenvalue weighted by Gasteiger charge is 2.07.